The number of allylic oxidation sites excluding steroid dienone is 7. The lowest BCUT2D eigenvalue weighted by Gasteiger charge is -2.41. The van der Waals surface area contributed by atoms with Gasteiger partial charge in [0.25, 0.3) is 0 Å². The van der Waals surface area contributed by atoms with Crippen molar-refractivity contribution in [2.24, 2.45) is 0 Å². The van der Waals surface area contributed by atoms with Crippen LogP contribution in [0.25, 0.3) is 0 Å². The molecule has 13 nitrogen and oxygen atoms in total. The van der Waals surface area contributed by atoms with Gasteiger partial charge in [-0.15, -0.1) is 0 Å². The largest absolute Gasteiger partial charge is 0.472 e. The number of hydrogen-bond acceptors (Lipinski definition) is 11. The molecule has 0 aromatic carbocycles. The Morgan fingerprint density at radius 2 is 0.843 bits per heavy atom. The Kier molecular flexibility index (Phi) is 42.3. The van der Waals surface area contributed by atoms with Gasteiger partial charge in [0.15, 0.2) is 0 Å². The highest BCUT2D eigenvalue weighted by atomic mass is 31.2. The summed E-state index contributed by atoms with van der Waals surface area (Å²) in [4.78, 5) is 23.6. The van der Waals surface area contributed by atoms with Gasteiger partial charge in [-0.05, 0) is 70.6 Å². The van der Waals surface area contributed by atoms with Gasteiger partial charge in [-0.2, -0.15) is 0 Å². The average molecular weight is 1010 g/mol. The second-order valence-corrected chi connectivity index (χ2v) is 21.4. The standard InChI is InChI=1S/C56H104NO12P/c1-3-5-7-9-11-13-15-17-19-21-23-25-27-29-31-33-35-37-39-41-43-47(58)45-50(60)57-48(46-68-70(66,67)69-56-54(64)52(62)51(61)53(63)55(56)65)49(59)44-42-40-38-36-34-32-30-28-26-24-22-20-18-16-14-12-10-8-6-4-2/h26-29,34,36,42,44,47-49,51-56,58-59,61-65H,3-25,30-33,35,37-41,43,45-46H2,1-2H3,(H,57,60)(H,66,67)/b28-26+,29-27-,36-34+,44-42+. The Bertz CT molecular complexity index is 1380. The molecule has 0 saturated heterocycles. The van der Waals surface area contributed by atoms with E-state index in [-0.39, 0.29) is 6.42 Å². The zero-order valence-electron chi connectivity index (χ0n) is 43.9. The van der Waals surface area contributed by atoms with E-state index in [2.05, 4.69) is 55.6 Å². The van der Waals surface area contributed by atoms with Crippen molar-refractivity contribution in [2.75, 3.05) is 6.61 Å². The second kappa shape index (κ2) is 44.7. The monoisotopic (exact) mass is 1010 g/mol. The van der Waals surface area contributed by atoms with Crippen molar-refractivity contribution < 1.29 is 59.0 Å². The minimum atomic E-state index is -5.16. The lowest BCUT2D eigenvalue weighted by molar-refractivity contribution is -0.220. The summed E-state index contributed by atoms with van der Waals surface area (Å²) < 4.78 is 23.0. The van der Waals surface area contributed by atoms with E-state index in [1.165, 1.54) is 141 Å². The first-order valence-electron chi connectivity index (χ1n) is 28.2. The molecule has 1 saturated carbocycles. The van der Waals surface area contributed by atoms with Crippen LogP contribution in [0.1, 0.15) is 239 Å². The van der Waals surface area contributed by atoms with E-state index in [4.69, 9.17) is 9.05 Å². The van der Waals surface area contributed by atoms with Gasteiger partial charge in [-0.1, -0.05) is 210 Å². The van der Waals surface area contributed by atoms with Crippen molar-refractivity contribution in [1.82, 2.24) is 5.32 Å². The molecule has 1 amide bonds. The van der Waals surface area contributed by atoms with Gasteiger partial charge in [0.2, 0.25) is 5.91 Å². The van der Waals surface area contributed by atoms with Crippen LogP contribution in [0.2, 0.25) is 0 Å². The molecule has 410 valence electrons. The Balaban J connectivity index is 2.48. The smallest absolute Gasteiger partial charge is 0.393 e. The molecule has 0 aliphatic heterocycles. The molecule has 0 radical (unpaired) electrons. The SMILES string of the molecule is CCCCCCCCCCCC/C=C/CC/C=C/CC/C=C/C(O)C(COP(=O)(O)OC1C(O)C(O)C(O)C(O)C1O)NC(=O)CC(O)CCCCCCC/C=C\CCCCCCCCCCCCC. The van der Waals surface area contributed by atoms with Crippen LogP contribution in [0.5, 0.6) is 0 Å². The van der Waals surface area contributed by atoms with Crippen molar-refractivity contribution >= 4 is 13.7 Å². The molecule has 1 rings (SSSR count). The molecule has 1 aliphatic rings. The Morgan fingerprint density at radius 3 is 1.26 bits per heavy atom. The van der Waals surface area contributed by atoms with Gasteiger partial charge >= 0.3 is 7.82 Å². The number of aliphatic hydroxyl groups excluding tert-OH is 7. The number of rotatable bonds is 47. The summed E-state index contributed by atoms with van der Waals surface area (Å²) in [6.07, 6.45) is 41.9. The van der Waals surface area contributed by atoms with E-state index < -0.39 is 75.2 Å². The van der Waals surface area contributed by atoms with Crippen LogP contribution in [0, 0.1) is 0 Å². The summed E-state index contributed by atoms with van der Waals surface area (Å²) >= 11 is 0. The number of amides is 1. The first-order valence-corrected chi connectivity index (χ1v) is 29.7. The predicted octanol–water partition coefficient (Wildman–Crippen LogP) is 11.4. The minimum absolute atomic E-state index is 0.262. The Labute approximate surface area is 425 Å². The van der Waals surface area contributed by atoms with Gasteiger partial charge in [0.1, 0.15) is 36.6 Å². The van der Waals surface area contributed by atoms with Crippen molar-refractivity contribution in [3.05, 3.63) is 48.6 Å². The molecule has 0 aromatic heterocycles. The third kappa shape index (κ3) is 35.4. The zero-order chi connectivity index (χ0) is 51.5. The van der Waals surface area contributed by atoms with Gasteiger partial charge in [0, 0.05) is 0 Å². The molecule has 1 aliphatic carbocycles. The fraction of sp³-hybridized carbons (Fsp3) is 0.839. The van der Waals surface area contributed by atoms with Crippen LogP contribution >= 0.6 is 7.82 Å². The maximum atomic E-state index is 13.1. The fourth-order valence-electron chi connectivity index (χ4n) is 8.80. The molecule has 14 heteroatoms. The molecule has 8 unspecified atom stereocenters. The second-order valence-electron chi connectivity index (χ2n) is 19.9. The lowest BCUT2D eigenvalue weighted by Crippen LogP contribution is -2.64. The number of phosphoric acid groups is 1. The van der Waals surface area contributed by atoms with Crippen LogP contribution < -0.4 is 5.32 Å². The summed E-state index contributed by atoms with van der Waals surface area (Å²) in [6, 6.07) is -1.27. The molecule has 8 atom stereocenters. The highest BCUT2D eigenvalue weighted by Crippen LogP contribution is 2.47. The molecule has 0 bridgehead atoms. The third-order valence-electron chi connectivity index (χ3n) is 13.4. The van der Waals surface area contributed by atoms with Crippen LogP contribution in [0.3, 0.4) is 0 Å². The molecular formula is C56H104NO12P. The van der Waals surface area contributed by atoms with Crippen molar-refractivity contribution in [2.45, 2.75) is 293 Å². The number of carbonyl (C=O) groups excluding carboxylic acids is 1. The fourth-order valence-corrected chi connectivity index (χ4v) is 9.76. The van der Waals surface area contributed by atoms with Gasteiger partial charge in [-0.3, -0.25) is 13.8 Å². The topological polar surface area (TPSA) is 226 Å². The maximum absolute atomic E-state index is 13.1. The van der Waals surface area contributed by atoms with Gasteiger partial charge in [-0.25, -0.2) is 4.57 Å². The highest BCUT2D eigenvalue weighted by molar-refractivity contribution is 7.47. The Morgan fingerprint density at radius 1 is 0.500 bits per heavy atom. The molecule has 0 heterocycles. The molecule has 9 N–H and O–H groups in total. The average Bonchev–Trinajstić information content (AvgIpc) is 3.34. The normalized spacial score (nSPS) is 22.1. The number of nitrogens with one attached hydrogen (secondary N) is 1. The van der Waals surface area contributed by atoms with Crippen LogP contribution in [0.4, 0.5) is 0 Å². The number of phosphoric ester groups is 1. The van der Waals surface area contributed by atoms with E-state index in [0.29, 0.717) is 19.3 Å². The van der Waals surface area contributed by atoms with Crippen LogP contribution in [-0.4, -0.2) is 108 Å². The van der Waals surface area contributed by atoms with Crippen molar-refractivity contribution in [3.8, 4) is 0 Å². The molecule has 0 spiro atoms. The summed E-state index contributed by atoms with van der Waals surface area (Å²) in [5, 5.41) is 74.8. The van der Waals surface area contributed by atoms with E-state index >= 15 is 0 Å². The minimum Gasteiger partial charge on any atom is -0.393 e. The maximum Gasteiger partial charge on any atom is 0.472 e. The summed E-state index contributed by atoms with van der Waals surface area (Å²) in [5.74, 6) is -0.610. The highest BCUT2D eigenvalue weighted by Gasteiger charge is 2.51. The third-order valence-corrected chi connectivity index (χ3v) is 14.3. The Hall–Kier alpha value is -1.74. The molecule has 70 heavy (non-hydrogen) atoms. The van der Waals surface area contributed by atoms with Crippen molar-refractivity contribution in [3.63, 3.8) is 0 Å². The molecule has 0 aromatic rings. The number of carbonyl (C=O) groups is 1. The molecular weight excluding hydrogens is 910 g/mol. The van der Waals surface area contributed by atoms with E-state index in [0.717, 1.165) is 64.2 Å². The first-order chi connectivity index (χ1) is 33.8. The number of aliphatic hydroxyl groups is 7. The first kappa shape index (κ1) is 66.3. The summed E-state index contributed by atoms with van der Waals surface area (Å²) in [5.41, 5.74) is 0. The zero-order valence-corrected chi connectivity index (χ0v) is 44.8. The quantitative estimate of drug-likeness (QED) is 0.0158. The number of unbranched alkanes of at least 4 members (excludes halogenated alkanes) is 28. The van der Waals surface area contributed by atoms with Crippen LogP contribution in [0.15, 0.2) is 48.6 Å². The van der Waals surface area contributed by atoms with E-state index in [9.17, 15) is 50.0 Å². The predicted molar refractivity (Wildman–Crippen MR) is 284 cm³/mol. The summed E-state index contributed by atoms with van der Waals surface area (Å²) in [6.45, 7) is 3.76. The molecule has 1 fully saturated rings. The van der Waals surface area contributed by atoms with E-state index in [1.807, 2.05) is 0 Å². The van der Waals surface area contributed by atoms with Gasteiger partial charge in [0.05, 0.1) is 31.3 Å². The van der Waals surface area contributed by atoms with Gasteiger partial charge < -0.3 is 46.0 Å². The van der Waals surface area contributed by atoms with E-state index in [1.54, 1.807) is 6.08 Å². The van der Waals surface area contributed by atoms with Crippen molar-refractivity contribution in [1.29, 1.82) is 0 Å². The number of hydrogen-bond donors (Lipinski definition) is 9. The lowest BCUT2D eigenvalue weighted by atomic mass is 9.85. The summed E-state index contributed by atoms with van der Waals surface area (Å²) in [7, 11) is -5.16. The van der Waals surface area contributed by atoms with Crippen LogP contribution in [-0.2, 0) is 18.4 Å².